The molecule has 1 amide bonds. The summed E-state index contributed by atoms with van der Waals surface area (Å²) in [5.74, 6) is -3.40. The third kappa shape index (κ3) is 3.88. The molecule has 5 nitrogen and oxygen atoms in total. The monoisotopic (exact) mass is 355 g/mol. The van der Waals surface area contributed by atoms with Gasteiger partial charge < -0.3 is 10.1 Å². The quantitative estimate of drug-likeness (QED) is 0.865. The van der Waals surface area contributed by atoms with Gasteiger partial charge in [-0.25, -0.2) is 8.42 Å². The molecule has 24 heavy (non-hydrogen) atoms. The summed E-state index contributed by atoms with van der Waals surface area (Å²) < 4.78 is 53.2. The minimum atomic E-state index is -4.61. The van der Waals surface area contributed by atoms with Gasteiger partial charge in [-0.15, -0.1) is 0 Å². The van der Waals surface area contributed by atoms with Gasteiger partial charge in [-0.1, -0.05) is 24.3 Å². The predicted octanol–water partition coefficient (Wildman–Crippen LogP) is 2.62. The van der Waals surface area contributed by atoms with Crippen molar-refractivity contribution in [1.82, 2.24) is 5.32 Å². The molecule has 2 aromatic rings. The average Bonchev–Trinajstić information content (AvgIpc) is 2.59. The Hall–Kier alpha value is -2.48. The highest BCUT2D eigenvalue weighted by molar-refractivity contribution is 7.91. The van der Waals surface area contributed by atoms with Gasteiger partial charge in [0.25, 0.3) is 5.91 Å². The van der Waals surface area contributed by atoms with E-state index >= 15 is 0 Å². The van der Waals surface area contributed by atoms with E-state index in [-0.39, 0.29) is 12.5 Å². The number of nitrogens with one attached hydrogen (secondary N) is 1. The number of benzene rings is 2. The van der Waals surface area contributed by atoms with E-state index in [1.165, 1.54) is 19.2 Å². The van der Waals surface area contributed by atoms with Crippen LogP contribution in [-0.2, 0) is 16.4 Å². The Morgan fingerprint density at radius 3 is 2.33 bits per heavy atom. The summed E-state index contributed by atoms with van der Waals surface area (Å²) in [6, 6.07) is 11.6. The van der Waals surface area contributed by atoms with E-state index in [1.807, 2.05) is 0 Å². The van der Waals surface area contributed by atoms with Crippen molar-refractivity contribution in [3.8, 4) is 5.75 Å². The fraction of sp³-hybridized carbons (Fsp3) is 0.188. The maximum atomic E-state index is 12.5. The van der Waals surface area contributed by atoms with Crippen molar-refractivity contribution in [2.24, 2.45) is 0 Å². The number of alkyl halides is 2. The largest absolute Gasteiger partial charge is 0.488 e. The molecule has 2 rings (SSSR count). The van der Waals surface area contributed by atoms with Crippen LogP contribution in [0.15, 0.2) is 53.4 Å². The fourth-order valence-corrected chi connectivity index (χ4v) is 2.68. The second-order valence-corrected chi connectivity index (χ2v) is 6.73. The number of amides is 1. The first-order chi connectivity index (χ1) is 11.4. The predicted molar refractivity (Wildman–Crippen MR) is 83.8 cm³/mol. The maximum absolute atomic E-state index is 12.5. The van der Waals surface area contributed by atoms with Crippen molar-refractivity contribution in [2.45, 2.75) is 17.3 Å². The maximum Gasteiger partial charge on any atom is 0.341 e. The molecule has 0 unspecified atom stereocenters. The van der Waals surface area contributed by atoms with Crippen molar-refractivity contribution in [1.29, 1.82) is 0 Å². The Bertz CT molecular complexity index is 820. The molecule has 0 aliphatic heterocycles. The summed E-state index contributed by atoms with van der Waals surface area (Å²) in [5.41, 5.74) is 0.937. The molecular formula is C16H15F2NO4S. The topological polar surface area (TPSA) is 72.5 Å². The van der Waals surface area contributed by atoms with Crippen LogP contribution in [0.3, 0.4) is 0 Å². The van der Waals surface area contributed by atoms with Crippen LogP contribution < -0.4 is 10.1 Å². The van der Waals surface area contributed by atoms with Gasteiger partial charge in [0.05, 0.1) is 10.5 Å². The average molecular weight is 355 g/mol. The van der Waals surface area contributed by atoms with E-state index < -0.39 is 20.5 Å². The van der Waals surface area contributed by atoms with E-state index in [2.05, 4.69) is 5.32 Å². The van der Waals surface area contributed by atoms with E-state index in [4.69, 9.17) is 4.74 Å². The van der Waals surface area contributed by atoms with Crippen LogP contribution in [-0.4, -0.2) is 27.1 Å². The molecule has 128 valence electrons. The normalized spacial score (nSPS) is 11.3. The minimum Gasteiger partial charge on any atom is -0.488 e. The molecule has 0 aliphatic carbocycles. The third-order valence-corrected chi connectivity index (χ3v) is 4.64. The zero-order valence-corrected chi connectivity index (χ0v) is 13.5. The number of sulfone groups is 1. The molecule has 0 saturated carbocycles. The van der Waals surface area contributed by atoms with Crippen LogP contribution in [0.1, 0.15) is 15.9 Å². The Kier molecular flexibility index (Phi) is 5.50. The molecule has 0 atom stereocenters. The summed E-state index contributed by atoms with van der Waals surface area (Å²) in [7, 11) is -3.11. The number of para-hydroxylation sites is 1. The van der Waals surface area contributed by atoms with Crippen LogP contribution >= 0.6 is 0 Å². The van der Waals surface area contributed by atoms with Gasteiger partial charge in [0.15, 0.2) is 0 Å². The molecule has 2 aromatic carbocycles. The summed E-state index contributed by atoms with van der Waals surface area (Å²) in [6.07, 6.45) is 0. The molecule has 0 aliphatic rings. The SMILES string of the molecule is CNC(=O)c1ccccc1OCc1ccc(S(=O)(=O)C(F)F)cc1. The smallest absolute Gasteiger partial charge is 0.341 e. The molecule has 0 bridgehead atoms. The van der Waals surface area contributed by atoms with Gasteiger partial charge in [-0.2, -0.15) is 8.78 Å². The summed E-state index contributed by atoms with van der Waals surface area (Å²) in [6.45, 7) is 0.0585. The van der Waals surface area contributed by atoms with Crippen LogP contribution in [0, 0.1) is 0 Å². The fourth-order valence-electron chi connectivity index (χ4n) is 1.95. The van der Waals surface area contributed by atoms with E-state index in [0.717, 1.165) is 12.1 Å². The molecule has 0 spiro atoms. The van der Waals surface area contributed by atoms with Gasteiger partial charge in [0.1, 0.15) is 12.4 Å². The minimum absolute atomic E-state index is 0.0585. The molecule has 0 radical (unpaired) electrons. The summed E-state index contributed by atoms with van der Waals surface area (Å²) in [4.78, 5) is 11.3. The molecule has 8 heteroatoms. The summed E-state index contributed by atoms with van der Waals surface area (Å²) >= 11 is 0. The van der Waals surface area contributed by atoms with Gasteiger partial charge in [0.2, 0.25) is 9.84 Å². The van der Waals surface area contributed by atoms with Crippen molar-refractivity contribution < 1.29 is 26.7 Å². The summed E-state index contributed by atoms with van der Waals surface area (Å²) in [5, 5.41) is 2.50. The standard InChI is InChI=1S/C16H15F2NO4S/c1-19-15(20)13-4-2-3-5-14(13)23-10-11-6-8-12(9-7-11)24(21,22)16(17)18/h2-9,16H,10H2,1H3,(H,19,20). The molecule has 0 saturated heterocycles. The highest BCUT2D eigenvalue weighted by Gasteiger charge is 2.26. The number of rotatable bonds is 6. The first-order valence-electron chi connectivity index (χ1n) is 6.91. The lowest BCUT2D eigenvalue weighted by molar-refractivity contribution is 0.0958. The van der Waals surface area contributed by atoms with Crippen LogP contribution in [0.25, 0.3) is 0 Å². The van der Waals surface area contributed by atoms with Crippen molar-refractivity contribution in [3.05, 3.63) is 59.7 Å². The molecule has 1 N–H and O–H groups in total. The Morgan fingerprint density at radius 2 is 1.75 bits per heavy atom. The van der Waals surface area contributed by atoms with Crippen LogP contribution in [0.2, 0.25) is 0 Å². The van der Waals surface area contributed by atoms with Crippen LogP contribution in [0.5, 0.6) is 5.75 Å². The highest BCUT2D eigenvalue weighted by Crippen LogP contribution is 2.21. The van der Waals surface area contributed by atoms with Crippen molar-refractivity contribution in [3.63, 3.8) is 0 Å². The molecule has 0 heterocycles. The van der Waals surface area contributed by atoms with E-state index in [9.17, 15) is 22.0 Å². The molecular weight excluding hydrogens is 340 g/mol. The number of halogens is 2. The number of hydrogen-bond acceptors (Lipinski definition) is 4. The van der Waals surface area contributed by atoms with E-state index in [1.54, 1.807) is 24.3 Å². The van der Waals surface area contributed by atoms with Crippen LogP contribution in [0.4, 0.5) is 8.78 Å². The number of ether oxygens (including phenoxy) is 1. The second-order valence-electron chi connectivity index (χ2n) is 4.81. The zero-order chi connectivity index (χ0) is 17.7. The van der Waals surface area contributed by atoms with Crippen molar-refractivity contribution >= 4 is 15.7 Å². The third-order valence-electron chi connectivity index (χ3n) is 3.24. The van der Waals surface area contributed by atoms with E-state index in [0.29, 0.717) is 16.9 Å². The van der Waals surface area contributed by atoms with Crippen molar-refractivity contribution in [2.75, 3.05) is 7.05 Å². The number of hydrogen-bond donors (Lipinski definition) is 1. The number of carbonyl (C=O) groups excluding carboxylic acids is 1. The molecule has 0 fully saturated rings. The first-order valence-corrected chi connectivity index (χ1v) is 8.46. The highest BCUT2D eigenvalue weighted by atomic mass is 32.2. The van der Waals surface area contributed by atoms with Gasteiger partial charge in [0, 0.05) is 7.05 Å². The lowest BCUT2D eigenvalue weighted by Crippen LogP contribution is -2.18. The molecule has 0 aromatic heterocycles. The lowest BCUT2D eigenvalue weighted by Gasteiger charge is -2.11. The first kappa shape index (κ1) is 17.9. The Morgan fingerprint density at radius 1 is 1.12 bits per heavy atom. The Labute approximate surface area is 138 Å². The second kappa shape index (κ2) is 7.39. The Balaban J connectivity index is 2.13. The van der Waals surface area contributed by atoms with Gasteiger partial charge >= 0.3 is 5.76 Å². The number of carbonyl (C=O) groups is 1. The van der Waals surface area contributed by atoms with Gasteiger partial charge in [-0.3, -0.25) is 4.79 Å². The zero-order valence-electron chi connectivity index (χ0n) is 12.7. The lowest BCUT2D eigenvalue weighted by atomic mass is 10.2. The van der Waals surface area contributed by atoms with Gasteiger partial charge in [-0.05, 0) is 29.8 Å².